The molecule has 1 rings (SSSR count). The van der Waals surface area contributed by atoms with Crippen molar-refractivity contribution < 1.29 is 18.9 Å². The number of nitro groups is 1. The molecule has 7 nitrogen and oxygen atoms in total. The van der Waals surface area contributed by atoms with Crippen LogP contribution in [-0.2, 0) is 4.79 Å². The number of halogens is 1. The number of nitro benzene ring substituents is 1. The zero-order chi connectivity index (χ0) is 13.0. The second kappa shape index (κ2) is 5.01. The van der Waals surface area contributed by atoms with Crippen molar-refractivity contribution in [2.24, 2.45) is 0 Å². The standard InChI is InChI=1S/C9H8FN3O4/c1-5(14)11-12-9(15)6-2-3-7(10)8(4-6)13(16)17/h2-4H,1H3,(H,11,14)(H,12,15). The highest BCUT2D eigenvalue weighted by Gasteiger charge is 2.17. The molecule has 0 aliphatic rings. The number of rotatable bonds is 2. The third-order valence-electron chi connectivity index (χ3n) is 1.76. The minimum atomic E-state index is -1.04. The van der Waals surface area contributed by atoms with E-state index in [9.17, 15) is 24.1 Å². The van der Waals surface area contributed by atoms with Crippen molar-refractivity contribution in [2.45, 2.75) is 6.92 Å². The van der Waals surface area contributed by atoms with E-state index in [-0.39, 0.29) is 5.56 Å². The van der Waals surface area contributed by atoms with Gasteiger partial charge in [-0.15, -0.1) is 0 Å². The van der Waals surface area contributed by atoms with Gasteiger partial charge < -0.3 is 0 Å². The summed E-state index contributed by atoms with van der Waals surface area (Å²) in [5, 5.41) is 10.4. The molecule has 0 fully saturated rings. The summed E-state index contributed by atoms with van der Waals surface area (Å²) in [6.45, 7) is 1.17. The highest BCUT2D eigenvalue weighted by Crippen LogP contribution is 2.18. The molecule has 0 unspecified atom stereocenters. The van der Waals surface area contributed by atoms with Gasteiger partial charge in [0.2, 0.25) is 11.7 Å². The van der Waals surface area contributed by atoms with E-state index in [4.69, 9.17) is 0 Å². The molecule has 2 N–H and O–H groups in total. The van der Waals surface area contributed by atoms with Gasteiger partial charge in [-0.2, -0.15) is 4.39 Å². The monoisotopic (exact) mass is 241 g/mol. The Balaban J connectivity index is 2.92. The van der Waals surface area contributed by atoms with Crippen LogP contribution in [0, 0.1) is 15.9 Å². The van der Waals surface area contributed by atoms with E-state index >= 15 is 0 Å². The third kappa shape index (κ3) is 3.23. The number of nitrogens with zero attached hydrogens (tertiary/aromatic N) is 1. The number of carbonyl (C=O) groups is 2. The van der Waals surface area contributed by atoms with Gasteiger partial charge in [0, 0.05) is 18.6 Å². The van der Waals surface area contributed by atoms with Crippen molar-refractivity contribution in [3.63, 3.8) is 0 Å². The summed E-state index contributed by atoms with van der Waals surface area (Å²) in [5.74, 6) is -2.32. The Morgan fingerprint density at radius 1 is 1.35 bits per heavy atom. The molecule has 90 valence electrons. The number of hydrazine groups is 1. The highest BCUT2D eigenvalue weighted by atomic mass is 19.1. The Morgan fingerprint density at radius 3 is 2.53 bits per heavy atom. The zero-order valence-corrected chi connectivity index (χ0v) is 8.69. The maximum absolute atomic E-state index is 13.0. The van der Waals surface area contributed by atoms with E-state index in [0.29, 0.717) is 0 Å². The number of amides is 2. The van der Waals surface area contributed by atoms with Crippen molar-refractivity contribution in [1.82, 2.24) is 10.9 Å². The second-order valence-electron chi connectivity index (χ2n) is 3.06. The van der Waals surface area contributed by atoms with Gasteiger partial charge in [0.1, 0.15) is 0 Å². The zero-order valence-electron chi connectivity index (χ0n) is 8.69. The van der Waals surface area contributed by atoms with Gasteiger partial charge in [0.05, 0.1) is 4.92 Å². The van der Waals surface area contributed by atoms with Crippen LogP contribution in [0.2, 0.25) is 0 Å². The lowest BCUT2D eigenvalue weighted by atomic mass is 10.2. The van der Waals surface area contributed by atoms with Crippen molar-refractivity contribution >= 4 is 17.5 Å². The third-order valence-corrected chi connectivity index (χ3v) is 1.76. The Hall–Kier alpha value is -2.51. The molecule has 2 amide bonds. The fraction of sp³-hybridized carbons (Fsp3) is 0.111. The number of carbonyl (C=O) groups excluding carboxylic acids is 2. The van der Waals surface area contributed by atoms with Crippen LogP contribution in [0.1, 0.15) is 17.3 Å². The second-order valence-corrected chi connectivity index (χ2v) is 3.06. The van der Waals surface area contributed by atoms with Crippen LogP contribution >= 0.6 is 0 Å². The molecule has 0 aliphatic heterocycles. The Kier molecular flexibility index (Phi) is 3.70. The molecule has 0 heterocycles. The lowest BCUT2D eigenvalue weighted by Crippen LogP contribution is -2.40. The molecular weight excluding hydrogens is 233 g/mol. The SMILES string of the molecule is CC(=O)NNC(=O)c1ccc(F)c([N+](=O)[O-])c1. The van der Waals surface area contributed by atoms with Gasteiger partial charge in [-0.1, -0.05) is 0 Å². The van der Waals surface area contributed by atoms with Crippen molar-refractivity contribution in [3.05, 3.63) is 39.7 Å². The first kappa shape index (κ1) is 12.6. The molecule has 1 aromatic carbocycles. The molecule has 0 radical (unpaired) electrons. The summed E-state index contributed by atoms with van der Waals surface area (Å²) in [7, 11) is 0. The van der Waals surface area contributed by atoms with Crippen LogP contribution in [0.5, 0.6) is 0 Å². The van der Waals surface area contributed by atoms with E-state index in [2.05, 4.69) is 0 Å². The molecule has 1 aromatic rings. The maximum atomic E-state index is 13.0. The van der Waals surface area contributed by atoms with Gasteiger partial charge in [-0.25, -0.2) is 0 Å². The Bertz CT molecular complexity index is 489. The summed E-state index contributed by atoms with van der Waals surface area (Å²) >= 11 is 0. The number of hydrogen-bond donors (Lipinski definition) is 2. The van der Waals surface area contributed by atoms with Crippen LogP contribution in [0.25, 0.3) is 0 Å². The normalized spacial score (nSPS) is 9.53. The van der Waals surface area contributed by atoms with Gasteiger partial charge in [0.15, 0.2) is 0 Å². The lowest BCUT2D eigenvalue weighted by Gasteiger charge is -2.04. The predicted molar refractivity (Wildman–Crippen MR) is 54.3 cm³/mol. The average molecular weight is 241 g/mol. The van der Waals surface area contributed by atoms with Gasteiger partial charge in [0.25, 0.3) is 5.91 Å². The predicted octanol–water partition coefficient (Wildman–Crippen LogP) is 0.515. The minimum Gasteiger partial charge on any atom is -0.274 e. The topological polar surface area (TPSA) is 101 Å². The molecule has 0 saturated heterocycles. The van der Waals surface area contributed by atoms with Crippen LogP contribution in [0.4, 0.5) is 10.1 Å². The first-order valence-corrected chi connectivity index (χ1v) is 4.42. The summed E-state index contributed by atoms with van der Waals surface area (Å²) in [5.41, 5.74) is 3.07. The molecule has 0 atom stereocenters. The molecule has 8 heteroatoms. The summed E-state index contributed by atoms with van der Waals surface area (Å²) in [6, 6.07) is 2.66. The van der Waals surface area contributed by atoms with Crippen LogP contribution in [0.3, 0.4) is 0 Å². The summed E-state index contributed by atoms with van der Waals surface area (Å²) in [6.07, 6.45) is 0. The van der Waals surface area contributed by atoms with E-state index in [1.165, 1.54) is 6.92 Å². The van der Waals surface area contributed by atoms with Crippen molar-refractivity contribution in [1.29, 1.82) is 0 Å². The van der Waals surface area contributed by atoms with Crippen LogP contribution < -0.4 is 10.9 Å². The smallest absolute Gasteiger partial charge is 0.274 e. The molecule has 0 aliphatic carbocycles. The van der Waals surface area contributed by atoms with Crippen molar-refractivity contribution in [2.75, 3.05) is 0 Å². The fourth-order valence-corrected chi connectivity index (χ4v) is 1.01. The number of benzene rings is 1. The van der Waals surface area contributed by atoms with Crippen molar-refractivity contribution in [3.8, 4) is 0 Å². The number of nitrogens with one attached hydrogen (secondary N) is 2. The van der Waals surface area contributed by atoms with E-state index < -0.39 is 28.2 Å². The van der Waals surface area contributed by atoms with Gasteiger partial charge in [-0.3, -0.25) is 30.6 Å². The fourth-order valence-electron chi connectivity index (χ4n) is 1.01. The Labute approximate surface area is 94.7 Å². The van der Waals surface area contributed by atoms with E-state index in [1.807, 2.05) is 10.9 Å². The lowest BCUT2D eigenvalue weighted by molar-refractivity contribution is -0.387. The van der Waals surface area contributed by atoms with Gasteiger partial charge >= 0.3 is 5.69 Å². The molecule has 0 spiro atoms. The highest BCUT2D eigenvalue weighted by molar-refractivity contribution is 5.95. The maximum Gasteiger partial charge on any atom is 0.305 e. The quantitative estimate of drug-likeness (QED) is 0.581. The summed E-state index contributed by atoms with van der Waals surface area (Å²) in [4.78, 5) is 31.4. The minimum absolute atomic E-state index is 0.133. The average Bonchev–Trinajstić information content (AvgIpc) is 2.26. The first-order chi connectivity index (χ1) is 7.91. The van der Waals surface area contributed by atoms with E-state index in [1.54, 1.807) is 0 Å². The van der Waals surface area contributed by atoms with Crippen LogP contribution in [-0.4, -0.2) is 16.7 Å². The Morgan fingerprint density at radius 2 is 2.00 bits per heavy atom. The molecule has 17 heavy (non-hydrogen) atoms. The number of hydrogen-bond acceptors (Lipinski definition) is 4. The molecule has 0 bridgehead atoms. The molecule has 0 aromatic heterocycles. The first-order valence-electron chi connectivity index (χ1n) is 4.42. The van der Waals surface area contributed by atoms with Gasteiger partial charge in [-0.05, 0) is 12.1 Å². The molecular formula is C9H8FN3O4. The largest absolute Gasteiger partial charge is 0.305 e. The van der Waals surface area contributed by atoms with E-state index in [0.717, 1.165) is 18.2 Å². The molecule has 0 saturated carbocycles. The summed E-state index contributed by atoms with van der Waals surface area (Å²) < 4.78 is 13.0. The van der Waals surface area contributed by atoms with Crippen LogP contribution in [0.15, 0.2) is 18.2 Å².